The summed E-state index contributed by atoms with van der Waals surface area (Å²) in [5.74, 6) is 0. The standard InChI is InChI=1S/C12H7ClN2O/c13-10-4-2-1-3-9(10)8-5-11-12(14-6-8)15-7-16-11/h1-7H. The zero-order valence-corrected chi connectivity index (χ0v) is 8.98. The molecule has 0 N–H and O–H groups in total. The number of aromatic nitrogens is 2. The van der Waals surface area contributed by atoms with Gasteiger partial charge in [-0.05, 0) is 12.1 Å². The summed E-state index contributed by atoms with van der Waals surface area (Å²) in [6, 6.07) is 9.51. The predicted molar refractivity (Wildman–Crippen MR) is 62.3 cm³/mol. The fourth-order valence-electron chi connectivity index (χ4n) is 1.60. The third-order valence-electron chi connectivity index (χ3n) is 2.37. The molecule has 0 amide bonds. The van der Waals surface area contributed by atoms with E-state index < -0.39 is 0 Å². The number of rotatable bonds is 1. The Morgan fingerprint density at radius 3 is 2.88 bits per heavy atom. The predicted octanol–water partition coefficient (Wildman–Crippen LogP) is 3.54. The fraction of sp³-hybridized carbons (Fsp3) is 0. The van der Waals surface area contributed by atoms with Gasteiger partial charge >= 0.3 is 0 Å². The number of fused-ring (bicyclic) bond motifs is 1. The van der Waals surface area contributed by atoms with E-state index in [0.717, 1.165) is 11.1 Å². The van der Waals surface area contributed by atoms with E-state index in [4.69, 9.17) is 16.0 Å². The average molecular weight is 231 g/mol. The summed E-state index contributed by atoms with van der Waals surface area (Å²) in [5.41, 5.74) is 3.14. The van der Waals surface area contributed by atoms with Gasteiger partial charge in [-0.25, -0.2) is 4.98 Å². The Bertz CT molecular complexity index is 648. The molecule has 0 saturated heterocycles. The molecule has 3 nitrogen and oxygen atoms in total. The molecule has 0 bridgehead atoms. The smallest absolute Gasteiger partial charge is 0.198 e. The van der Waals surface area contributed by atoms with Crippen LogP contribution in [0.4, 0.5) is 0 Å². The second kappa shape index (κ2) is 3.61. The van der Waals surface area contributed by atoms with Crippen molar-refractivity contribution < 1.29 is 4.42 Å². The molecule has 0 radical (unpaired) electrons. The van der Waals surface area contributed by atoms with Crippen LogP contribution in [0.3, 0.4) is 0 Å². The molecule has 0 aliphatic carbocycles. The van der Waals surface area contributed by atoms with Gasteiger partial charge in [-0.3, -0.25) is 0 Å². The largest absolute Gasteiger partial charge is 0.442 e. The van der Waals surface area contributed by atoms with Gasteiger partial charge in [0, 0.05) is 22.3 Å². The van der Waals surface area contributed by atoms with Crippen molar-refractivity contribution in [3.8, 4) is 11.1 Å². The van der Waals surface area contributed by atoms with Gasteiger partial charge in [-0.15, -0.1) is 0 Å². The Morgan fingerprint density at radius 2 is 2.00 bits per heavy atom. The van der Waals surface area contributed by atoms with Crippen LogP contribution in [0, 0.1) is 0 Å². The summed E-state index contributed by atoms with van der Waals surface area (Å²) in [4.78, 5) is 8.16. The summed E-state index contributed by atoms with van der Waals surface area (Å²) < 4.78 is 5.20. The first-order valence-electron chi connectivity index (χ1n) is 4.79. The quantitative estimate of drug-likeness (QED) is 0.642. The summed E-state index contributed by atoms with van der Waals surface area (Å²) >= 11 is 6.11. The monoisotopic (exact) mass is 230 g/mol. The zero-order valence-electron chi connectivity index (χ0n) is 8.22. The third-order valence-corrected chi connectivity index (χ3v) is 2.70. The molecule has 3 rings (SSSR count). The Hall–Kier alpha value is -1.87. The van der Waals surface area contributed by atoms with E-state index in [1.54, 1.807) is 6.20 Å². The van der Waals surface area contributed by atoms with Crippen LogP contribution in [0.5, 0.6) is 0 Å². The molecule has 0 saturated carbocycles. The minimum atomic E-state index is 0.607. The van der Waals surface area contributed by atoms with E-state index in [-0.39, 0.29) is 0 Å². The van der Waals surface area contributed by atoms with Crippen LogP contribution < -0.4 is 0 Å². The van der Waals surface area contributed by atoms with Crippen LogP contribution in [0.15, 0.2) is 47.3 Å². The molecule has 3 aromatic rings. The molecule has 2 heterocycles. The number of hydrogen-bond donors (Lipinski definition) is 0. The Balaban J connectivity index is 2.22. The van der Waals surface area contributed by atoms with Crippen LogP contribution in [0.2, 0.25) is 5.02 Å². The Kier molecular flexibility index (Phi) is 2.11. The lowest BCUT2D eigenvalue weighted by Crippen LogP contribution is -1.82. The fourth-order valence-corrected chi connectivity index (χ4v) is 1.84. The van der Waals surface area contributed by atoms with Crippen molar-refractivity contribution in [2.75, 3.05) is 0 Å². The lowest BCUT2D eigenvalue weighted by Gasteiger charge is -2.02. The van der Waals surface area contributed by atoms with Crippen molar-refractivity contribution >= 4 is 22.8 Å². The first-order valence-corrected chi connectivity index (χ1v) is 5.16. The van der Waals surface area contributed by atoms with E-state index in [0.29, 0.717) is 16.3 Å². The Morgan fingerprint density at radius 1 is 1.12 bits per heavy atom. The van der Waals surface area contributed by atoms with Crippen molar-refractivity contribution in [1.29, 1.82) is 0 Å². The van der Waals surface area contributed by atoms with Gasteiger partial charge < -0.3 is 4.42 Å². The maximum atomic E-state index is 6.11. The molecule has 4 heteroatoms. The van der Waals surface area contributed by atoms with Crippen molar-refractivity contribution in [2.45, 2.75) is 0 Å². The number of nitrogens with zero attached hydrogens (tertiary/aromatic N) is 2. The normalized spacial score (nSPS) is 10.8. The summed E-state index contributed by atoms with van der Waals surface area (Å²) in [6.07, 6.45) is 3.13. The van der Waals surface area contributed by atoms with Gasteiger partial charge in [0.1, 0.15) is 0 Å². The summed E-state index contributed by atoms with van der Waals surface area (Å²) in [6.45, 7) is 0. The summed E-state index contributed by atoms with van der Waals surface area (Å²) in [5, 5.41) is 0.697. The average Bonchev–Trinajstić information content (AvgIpc) is 2.76. The maximum absolute atomic E-state index is 6.11. The molecular weight excluding hydrogens is 224 g/mol. The number of hydrogen-bond acceptors (Lipinski definition) is 3. The van der Waals surface area contributed by atoms with Crippen LogP contribution >= 0.6 is 11.6 Å². The first-order chi connectivity index (χ1) is 7.84. The van der Waals surface area contributed by atoms with Gasteiger partial charge in [-0.2, -0.15) is 4.98 Å². The highest BCUT2D eigenvalue weighted by molar-refractivity contribution is 6.33. The van der Waals surface area contributed by atoms with E-state index in [1.807, 2.05) is 30.3 Å². The molecule has 1 aromatic carbocycles. The molecule has 0 aliphatic rings. The van der Waals surface area contributed by atoms with Crippen LogP contribution in [0.1, 0.15) is 0 Å². The zero-order chi connectivity index (χ0) is 11.0. The Labute approximate surface area is 96.7 Å². The first kappa shape index (κ1) is 9.36. The minimum Gasteiger partial charge on any atom is -0.442 e. The molecule has 0 spiro atoms. The molecule has 2 aromatic heterocycles. The van der Waals surface area contributed by atoms with Crippen molar-refractivity contribution in [2.24, 2.45) is 0 Å². The highest BCUT2D eigenvalue weighted by Gasteiger charge is 2.06. The van der Waals surface area contributed by atoms with Crippen molar-refractivity contribution in [3.63, 3.8) is 0 Å². The SMILES string of the molecule is Clc1ccccc1-c1cnc2ncoc2c1. The van der Waals surface area contributed by atoms with E-state index in [2.05, 4.69) is 9.97 Å². The van der Waals surface area contributed by atoms with E-state index >= 15 is 0 Å². The number of benzene rings is 1. The van der Waals surface area contributed by atoms with Gasteiger partial charge in [0.25, 0.3) is 0 Å². The van der Waals surface area contributed by atoms with E-state index in [1.165, 1.54) is 6.39 Å². The molecule has 16 heavy (non-hydrogen) atoms. The van der Waals surface area contributed by atoms with Crippen molar-refractivity contribution in [3.05, 3.63) is 47.9 Å². The maximum Gasteiger partial charge on any atom is 0.198 e. The van der Waals surface area contributed by atoms with Gasteiger partial charge in [0.05, 0.1) is 0 Å². The van der Waals surface area contributed by atoms with Gasteiger partial charge in [-0.1, -0.05) is 29.8 Å². The minimum absolute atomic E-state index is 0.607. The molecule has 78 valence electrons. The van der Waals surface area contributed by atoms with Crippen LogP contribution in [-0.4, -0.2) is 9.97 Å². The van der Waals surface area contributed by atoms with Gasteiger partial charge in [0.2, 0.25) is 0 Å². The van der Waals surface area contributed by atoms with Crippen molar-refractivity contribution in [1.82, 2.24) is 9.97 Å². The van der Waals surface area contributed by atoms with Gasteiger partial charge in [0.15, 0.2) is 17.6 Å². The lowest BCUT2D eigenvalue weighted by molar-refractivity contribution is 0.602. The molecule has 0 atom stereocenters. The number of oxazole rings is 1. The highest BCUT2D eigenvalue weighted by atomic mass is 35.5. The molecule has 0 fully saturated rings. The van der Waals surface area contributed by atoms with Crippen LogP contribution in [-0.2, 0) is 0 Å². The highest BCUT2D eigenvalue weighted by Crippen LogP contribution is 2.28. The molecule has 0 unspecified atom stereocenters. The van der Waals surface area contributed by atoms with Crippen LogP contribution in [0.25, 0.3) is 22.4 Å². The number of halogens is 1. The topological polar surface area (TPSA) is 38.9 Å². The second-order valence-corrected chi connectivity index (χ2v) is 3.79. The third kappa shape index (κ3) is 1.46. The lowest BCUT2D eigenvalue weighted by atomic mass is 10.1. The summed E-state index contributed by atoms with van der Waals surface area (Å²) in [7, 11) is 0. The molecule has 0 aliphatic heterocycles. The van der Waals surface area contributed by atoms with E-state index in [9.17, 15) is 0 Å². The molecular formula is C12H7ClN2O. The number of pyridine rings is 1. The second-order valence-electron chi connectivity index (χ2n) is 3.38.